The summed E-state index contributed by atoms with van der Waals surface area (Å²) in [5, 5.41) is 0.0719. The van der Waals surface area contributed by atoms with Crippen molar-refractivity contribution in [2.24, 2.45) is 0 Å². The maximum absolute atomic E-state index is 13.9. The number of hydrogen-bond donors (Lipinski definition) is 0. The van der Waals surface area contributed by atoms with E-state index in [-0.39, 0.29) is 17.5 Å². The quantitative estimate of drug-likeness (QED) is 0.670. The van der Waals surface area contributed by atoms with E-state index in [1.807, 2.05) is 0 Å². The zero-order valence-electron chi connectivity index (χ0n) is 9.38. The summed E-state index contributed by atoms with van der Waals surface area (Å²) >= 11 is 5.57. The van der Waals surface area contributed by atoms with Gasteiger partial charge < -0.3 is 0 Å². The lowest BCUT2D eigenvalue weighted by molar-refractivity contribution is -0.304. The van der Waals surface area contributed by atoms with Crippen LogP contribution in [0, 0.1) is 6.92 Å². The van der Waals surface area contributed by atoms with E-state index >= 15 is 0 Å². The molecule has 0 radical (unpaired) electrons. The van der Waals surface area contributed by atoms with Crippen LogP contribution in [0.4, 0.5) is 26.3 Å². The molecule has 0 aromatic heterocycles. The summed E-state index contributed by atoms with van der Waals surface area (Å²) in [4.78, 5) is 0. The predicted octanol–water partition coefficient (Wildman–Crippen LogP) is 5.03. The van der Waals surface area contributed by atoms with Crippen molar-refractivity contribution < 1.29 is 26.3 Å². The van der Waals surface area contributed by atoms with Crippen LogP contribution in [0.3, 0.4) is 0 Å². The second-order valence-corrected chi connectivity index (χ2v) is 4.42. The van der Waals surface area contributed by atoms with Gasteiger partial charge in [0.25, 0.3) is 11.6 Å². The van der Waals surface area contributed by atoms with Crippen molar-refractivity contribution >= 4 is 11.6 Å². The van der Waals surface area contributed by atoms with Gasteiger partial charge in [0.2, 0.25) is 0 Å². The number of hydrogen-bond acceptors (Lipinski definition) is 0. The van der Waals surface area contributed by atoms with Crippen molar-refractivity contribution in [1.29, 1.82) is 0 Å². The number of rotatable bonds is 2. The van der Waals surface area contributed by atoms with E-state index in [2.05, 4.69) is 0 Å². The van der Waals surface area contributed by atoms with Gasteiger partial charge in [0.15, 0.2) is 0 Å². The third-order valence-corrected chi connectivity index (χ3v) is 2.98. The van der Waals surface area contributed by atoms with Crippen LogP contribution in [-0.4, -0.2) is 12.1 Å². The predicted molar refractivity (Wildman–Crippen MR) is 55.7 cm³/mol. The Morgan fingerprint density at radius 1 is 1.00 bits per heavy atom. The molecule has 1 unspecified atom stereocenters. The molecule has 7 heteroatoms. The summed E-state index contributed by atoms with van der Waals surface area (Å²) < 4.78 is 77.9. The minimum Gasteiger partial charge on any atom is -0.222 e. The zero-order valence-corrected chi connectivity index (χ0v) is 10.1. The van der Waals surface area contributed by atoms with Crippen LogP contribution in [0.25, 0.3) is 0 Å². The Morgan fingerprint density at radius 2 is 1.50 bits per heavy atom. The fraction of sp³-hybridized carbons (Fsp3) is 0.455. The van der Waals surface area contributed by atoms with E-state index < -0.39 is 23.3 Å². The maximum Gasteiger partial charge on any atom is 0.432 e. The molecule has 0 saturated carbocycles. The minimum absolute atomic E-state index is 0.0719. The summed E-state index contributed by atoms with van der Waals surface area (Å²) in [7, 11) is 0. The lowest BCUT2D eigenvalue weighted by Crippen LogP contribution is -2.51. The van der Waals surface area contributed by atoms with E-state index in [4.69, 9.17) is 11.6 Å². The van der Waals surface area contributed by atoms with Gasteiger partial charge >= 0.3 is 6.18 Å². The first-order valence-corrected chi connectivity index (χ1v) is 5.19. The Labute approximate surface area is 105 Å². The molecule has 0 amide bonds. The van der Waals surface area contributed by atoms with E-state index in [1.165, 1.54) is 6.92 Å². The topological polar surface area (TPSA) is 0 Å². The van der Waals surface area contributed by atoms with E-state index in [0.717, 1.165) is 6.07 Å². The summed E-state index contributed by atoms with van der Waals surface area (Å²) in [6, 6.07) is 2.24. The van der Waals surface area contributed by atoms with E-state index in [9.17, 15) is 26.3 Å². The second kappa shape index (κ2) is 4.33. The van der Waals surface area contributed by atoms with Crippen LogP contribution in [0.5, 0.6) is 0 Å². The molecule has 1 rings (SSSR count). The zero-order chi connectivity index (χ0) is 14.4. The summed E-state index contributed by atoms with van der Waals surface area (Å²) in [6.45, 7) is 1.20. The lowest BCUT2D eigenvalue weighted by atomic mass is 9.88. The maximum atomic E-state index is 13.9. The van der Waals surface area contributed by atoms with Crippen molar-refractivity contribution in [3.63, 3.8) is 0 Å². The van der Waals surface area contributed by atoms with Gasteiger partial charge in [-0.15, -0.1) is 0 Å². The molecule has 0 N–H and O–H groups in total. The van der Waals surface area contributed by atoms with Crippen molar-refractivity contribution in [2.75, 3.05) is 0 Å². The van der Waals surface area contributed by atoms with Crippen LogP contribution in [0.2, 0.25) is 5.02 Å². The highest BCUT2D eigenvalue weighted by atomic mass is 35.5. The molecule has 0 saturated heterocycles. The average Bonchev–Trinajstić information content (AvgIpc) is 2.17. The summed E-state index contributed by atoms with van der Waals surface area (Å²) in [5.41, 5.74) is -5.82. The first kappa shape index (κ1) is 15.1. The van der Waals surface area contributed by atoms with E-state index in [0.29, 0.717) is 12.1 Å². The Hall–Kier alpha value is -0.910. The third-order valence-electron chi connectivity index (χ3n) is 2.55. The van der Waals surface area contributed by atoms with Gasteiger partial charge in [-0.3, -0.25) is 0 Å². The van der Waals surface area contributed by atoms with Gasteiger partial charge in [-0.05, 0) is 18.6 Å². The minimum atomic E-state index is -5.73. The molecule has 0 fully saturated rings. The number of benzene rings is 1. The molecule has 0 nitrogen and oxygen atoms in total. The van der Waals surface area contributed by atoms with Crippen molar-refractivity contribution in [1.82, 2.24) is 0 Å². The molecular formula is C11H9ClF6. The van der Waals surface area contributed by atoms with E-state index in [1.54, 1.807) is 0 Å². The molecule has 0 heterocycles. The molecule has 1 atom stereocenters. The van der Waals surface area contributed by atoms with Crippen LogP contribution < -0.4 is 0 Å². The van der Waals surface area contributed by atoms with Crippen LogP contribution in [0.15, 0.2) is 18.2 Å². The van der Waals surface area contributed by atoms with Gasteiger partial charge in [0.1, 0.15) is 0 Å². The van der Waals surface area contributed by atoms with Crippen molar-refractivity contribution in [3.05, 3.63) is 34.3 Å². The molecule has 0 spiro atoms. The second-order valence-electron chi connectivity index (χ2n) is 4.01. The molecule has 18 heavy (non-hydrogen) atoms. The van der Waals surface area contributed by atoms with Crippen LogP contribution >= 0.6 is 11.6 Å². The van der Waals surface area contributed by atoms with Gasteiger partial charge in [0, 0.05) is 17.5 Å². The highest BCUT2D eigenvalue weighted by Gasteiger charge is 2.69. The Morgan fingerprint density at radius 3 is 1.83 bits per heavy atom. The number of alkyl halides is 6. The normalized spacial score (nSPS) is 16.5. The van der Waals surface area contributed by atoms with Crippen LogP contribution in [-0.2, 0) is 5.67 Å². The van der Waals surface area contributed by atoms with Crippen LogP contribution in [0.1, 0.15) is 18.1 Å². The summed E-state index contributed by atoms with van der Waals surface area (Å²) in [6.07, 6.45) is -5.73. The Balaban J connectivity index is 3.51. The standard InChI is InChI=1S/C11H9ClF6/c1-6-5-7(3-4-8(6)12)10(15,9(2,13)14)11(16,17)18/h3-5H,1-2H3. The van der Waals surface area contributed by atoms with Gasteiger partial charge in [-0.25, -0.2) is 13.2 Å². The Bertz CT molecular complexity index is 432. The monoisotopic (exact) mass is 290 g/mol. The van der Waals surface area contributed by atoms with Crippen molar-refractivity contribution in [3.8, 4) is 0 Å². The molecule has 1 aromatic rings. The Kier molecular flexibility index (Phi) is 3.64. The molecular weight excluding hydrogens is 282 g/mol. The highest BCUT2D eigenvalue weighted by molar-refractivity contribution is 6.31. The summed E-state index contributed by atoms with van der Waals surface area (Å²) in [5.74, 6) is -4.61. The third kappa shape index (κ3) is 2.30. The fourth-order valence-electron chi connectivity index (χ4n) is 1.52. The molecule has 102 valence electrons. The smallest absolute Gasteiger partial charge is 0.222 e. The SMILES string of the molecule is Cc1cc(C(F)(C(C)(F)F)C(F)(F)F)ccc1Cl. The highest BCUT2D eigenvalue weighted by Crippen LogP contribution is 2.52. The molecule has 0 aliphatic carbocycles. The largest absolute Gasteiger partial charge is 0.432 e. The molecule has 0 aliphatic heterocycles. The van der Waals surface area contributed by atoms with Gasteiger partial charge in [0.05, 0.1) is 0 Å². The fourth-order valence-corrected chi connectivity index (χ4v) is 1.64. The molecule has 0 bridgehead atoms. The lowest BCUT2D eigenvalue weighted by Gasteiger charge is -2.33. The number of halogens is 7. The van der Waals surface area contributed by atoms with Crippen molar-refractivity contribution in [2.45, 2.75) is 31.6 Å². The van der Waals surface area contributed by atoms with Gasteiger partial charge in [-0.1, -0.05) is 23.7 Å². The first-order chi connectivity index (χ1) is 7.91. The molecule has 0 aliphatic rings. The first-order valence-electron chi connectivity index (χ1n) is 4.81. The average molecular weight is 291 g/mol. The molecule has 1 aromatic carbocycles. The number of aryl methyl sites for hydroxylation is 1. The van der Waals surface area contributed by atoms with Gasteiger partial charge in [-0.2, -0.15) is 13.2 Å².